The van der Waals surface area contributed by atoms with Gasteiger partial charge in [0.15, 0.2) is 5.76 Å². The summed E-state index contributed by atoms with van der Waals surface area (Å²) in [5.74, 6) is 2.57. The first-order chi connectivity index (χ1) is 13.1. The maximum absolute atomic E-state index is 13.0. The van der Waals surface area contributed by atoms with Gasteiger partial charge in [-0.1, -0.05) is 32.9 Å². The Hall–Kier alpha value is -2.00. The summed E-state index contributed by atoms with van der Waals surface area (Å²) in [7, 11) is -3.61. The topological polar surface area (TPSA) is 92.4 Å². The molecule has 0 aromatic carbocycles. The van der Waals surface area contributed by atoms with E-state index in [-0.39, 0.29) is 10.8 Å². The smallest absolute Gasteiger partial charge is 0.248 e. The highest BCUT2D eigenvalue weighted by Crippen LogP contribution is 2.26. The van der Waals surface area contributed by atoms with E-state index in [1.165, 1.54) is 4.31 Å². The molecule has 1 fully saturated rings. The Balaban J connectivity index is 1.81. The van der Waals surface area contributed by atoms with Crippen LogP contribution in [0.1, 0.15) is 62.5 Å². The average molecular weight is 408 g/mol. The van der Waals surface area contributed by atoms with Crippen LogP contribution in [0.15, 0.2) is 15.5 Å². The highest BCUT2D eigenvalue weighted by Gasteiger charge is 2.33. The van der Waals surface area contributed by atoms with Gasteiger partial charge >= 0.3 is 0 Å². The first-order valence-corrected chi connectivity index (χ1v) is 11.1. The van der Waals surface area contributed by atoms with Crippen LogP contribution in [0.2, 0.25) is 0 Å². The fraction of sp³-hybridized carbons (Fsp3) is 0.632. The van der Waals surface area contributed by atoms with E-state index in [1.54, 1.807) is 13.8 Å². The van der Waals surface area contributed by atoms with Crippen molar-refractivity contribution in [3.8, 4) is 0 Å². The summed E-state index contributed by atoms with van der Waals surface area (Å²) in [6.45, 7) is 13.6. The zero-order valence-corrected chi connectivity index (χ0v) is 18.2. The number of aromatic nitrogens is 3. The lowest BCUT2D eigenvalue weighted by molar-refractivity contribution is 0.377. The summed E-state index contributed by atoms with van der Waals surface area (Å²) in [5, 5.41) is 3.78. The minimum Gasteiger partial charge on any atom is -0.360 e. The Morgan fingerprint density at radius 2 is 1.64 bits per heavy atom. The van der Waals surface area contributed by atoms with Crippen molar-refractivity contribution in [2.75, 3.05) is 31.1 Å². The molecule has 2 aromatic rings. The van der Waals surface area contributed by atoms with Crippen molar-refractivity contribution in [1.82, 2.24) is 19.4 Å². The molecule has 9 heteroatoms. The van der Waals surface area contributed by atoms with Crippen molar-refractivity contribution in [3.63, 3.8) is 0 Å². The van der Waals surface area contributed by atoms with Gasteiger partial charge in [-0.2, -0.15) is 4.31 Å². The molecule has 1 saturated heterocycles. The van der Waals surface area contributed by atoms with Gasteiger partial charge in [0.2, 0.25) is 10.0 Å². The number of anilines is 1. The second-order valence-electron chi connectivity index (χ2n) is 7.86. The Bertz CT molecular complexity index is 899. The van der Waals surface area contributed by atoms with Gasteiger partial charge in [-0.3, -0.25) is 0 Å². The number of sulfonamides is 1. The predicted molar refractivity (Wildman–Crippen MR) is 107 cm³/mol. The molecule has 0 saturated carbocycles. The van der Waals surface area contributed by atoms with E-state index in [9.17, 15) is 8.42 Å². The molecule has 0 amide bonds. The summed E-state index contributed by atoms with van der Waals surface area (Å²) in [5.41, 5.74) is 1.42. The summed E-state index contributed by atoms with van der Waals surface area (Å²) in [6, 6.07) is 2.02. The quantitative estimate of drug-likeness (QED) is 0.752. The highest BCUT2D eigenvalue weighted by atomic mass is 32.2. The van der Waals surface area contributed by atoms with E-state index < -0.39 is 10.0 Å². The number of nitrogens with zero attached hydrogens (tertiary/aromatic N) is 5. The predicted octanol–water partition coefficient (Wildman–Crippen LogP) is 2.84. The van der Waals surface area contributed by atoms with Crippen LogP contribution in [-0.4, -0.2) is 54.0 Å². The summed E-state index contributed by atoms with van der Waals surface area (Å²) < 4.78 is 32.6. The zero-order chi connectivity index (χ0) is 20.6. The molecule has 0 spiro atoms. The average Bonchev–Trinajstić information content (AvgIpc) is 3.00. The third kappa shape index (κ3) is 3.91. The van der Waals surface area contributed by atoms with Crippen molar-refractivity contribution in [3.05, 3.63) is 29.0 Å². The first-order valence-electron chi connectivity index (χ1n) is 9.68. The van der Waals surface area contributed by atoms with Gasteiger partial charge in [0.25, 0.3) is 0 Å². The molecule has 8 nitrogen and oxygen atoms in total. The lowest BCUT2D eigenvalue weighted by Crippen LogP contribution is -2.49. The van der Waals surface area contributed by atoms with E-state index in [0.29, 0.717) is 43.6 Å². The van der Waals surface area contributed by atoms with Gasteiger partial charge < -0.3 is 9.42 Å². The van der Waals surface area contributed by atoms with Crippen LogP contribution in [-0.2, 0) is 10.0 Å². The SMILES string of the molecule is Cc1noc(C)c1S(=O)(=O)N1CCN(c2cc(C(C)C)nc(C(C)C)n2)CC1. The second-order valence-corrected chi connectivity index (χ2v) is 9.74. The van der Waals surface area contributed by atoms with Crippen LogP contribution < -0.4 is 4.90 Å². The molecule has 2 aromatic heterocycles. The van der Waals surface area contributed by atoms with Gasteiger partial charge in [0.05, 0.1) is 0 Å². The normalized spacial score (nSPS) is 16.4. The third-order valence-electron chi connectivity index (χ3n) is 4.99. The molecule has 0 unspecified atom stereocenters. The van der Waals surface area contributed by atoms with Gasteiger partial charge in [0.1, 0.15) is 22.2 Å². The number of piperazine rings is 1. The third-order valence-corrected chi connectivity index (χ3v) is 7.13. The molecule has 154 valence electrons. The van der Waals surface area contributed by atoms with Crippen LogP contribution in [0, 0.1) is 13.8 Å². The van der Waals surface area contributed by atoms with Crippen molar-refractivity contribution in [2.45, 2.75) is 58.3 Å². The molecule has 3 rings (SSSR count). The van der Waals surface area contributed by atoms with E-state index in [1.807, 2.05) is 6.07 Å². The fourth-order valence-electron chi connectivity index (χ4n) is 3.32. The molecule has 0 N–H and O–H groups in total. The summed E-state index contributed by atoms with van der Waals surface area (Å²) in [4.78, 5) is 11.7. The number of hydrogen-bond acceptors (Lipinski definition) is 7. The van der Waals surface area contributed by atoms with Crippen LogP contribution in [0.3, 0.4) is 0 Å². The van der Waals surface area contributed by atoms with Crippen molar-refractivity contribution < 1.29 is 12.9 Å². The minimum atomic E-state index is -3.61. The van der Waals surface area contributed by atoms with Crippen LogP contribution in [0.25, 0.3) is 0 Å². The van der Waals surface area contributed by atoms with E-state index in [0.717, 1.165) is 17.3 Å². The van der Waals surface area contributed by atoms with E-state index in [2.05, 4.69) is 42.7 Å². The van der Waals surface area contributed by atoms with Crippen LogP contribution in [0.5, 0.6) is 0 Å². The molecular formula is C19H29N5O3S. The molecule has 0 radical (unpaired) electrons. The lowest BCUT2D eigenvalue weighted by Gasteiger charge is -2.35. The van der Waals surface area contributed by atoms with E-state index in [4.69, 9.17) is 9.51 Å². The Labute approximate surface area is 167 Å². The molecule has 28 heavy (non-hydrogen) atoms. The van der Waals surface area contributed by atoms with Crippen molar-refractivity contribution >= 4 is 15.8 Å². The number of rotatable bonds is 5. The first kappa shape index (κ1) is 20.7. The molecule has 0 atom stereocenters. The summed E-state index contributed by atoms with van der Waals surface area (Å²) in [6.07, 6.45) is 0. The standard InChI is InChI=1S/C19H29N5O3S/c1-12(2)16-11-17(21-19(20-16)13(3)4)23-7-9-24(10-8-23)28(25,26)18-14(5)22-27-15(18)6/h11-13H,7-10H2,1-6H3. The molecule has 3 heterocycles. The fourth-order valence-corrected chi connectivity index (χ4v) is 5.03. The highest BCUT2D eigenvalue weighted by molar-refractivity contribution is 7.89. The maximum Gasteiger partial charge on any atom is 0.248 e. The largest absolute Gasteiger partial charge is 0.360 e. The van der Waals surface area contributed by atoms with Gasteiger partial charge in [0, 0.05) is 43.9 Å². The summed E-state index contributed by atoms with van der Waals surface area (Å²) >= 11 is 0. The van der Waals surface area contributed by atoms with E-state index >= 15 is 0 Å². The molecule has 1 aliphatic rings. The molecule has 0 bridgehead atoms. The monoisotopic (exact) mass is 407 g/mol. The molecule has 1 aliphatic heterocycles. The van der Waals surface area contributed by atoms with Crippen molar-refractivity contribution in [1.29, 1.82) is 0 Å². The maximum atomic E-state index is 13.0. The van der Waals surface area contributed by atoms with Gasteiger partial charge in [-0.05, 0) is 19.8 Å². The van der Waals surface area contributed by atoms with Crippen LogP contribution >= 0.6 is 0 Å². The number of hydrogen-bond donors (Lipinski definition) is 0. The van der Waals surface area contributed by atoms with Gasteiger partial charge in [-0.25, -0.2) is 18.4 Å². The van der Waals surface area contributed by atoms with Crippen LogP contribution in [0.4, 0.5) is 5.82 Å². The minimum absolute atomic E-state index is 0.187. The Morgan fingerprint density at radius 3 is 2.14 bits per heavy atom. The molecular weight excluding hydrogens is 378 g/mol. The Morgan fingerprint density at radius 1 is 1.00 bits per heavy atom. The Kier molecular flexibility index (Phi) is 5.77. The van der Waals surface area contributed by atoms with Gasteiger partial charge in [-0.15, -0.1) is 0 Å². The second kappa shape index (κ2) is 7.79. The zero-order valence-electron chi connectivity index (χ0n) is 17.4. The molecule has 0 aliphatic carbocycles. The number of aryl methyl sites for hydroxylation is 2. The van der Waals surface area contributed by atoms with Crippen molar-refractivity contribution in [2.24, 2.45) is 0 Å². The lowest BCUT2D eigenvalue weighted by atomic mass is 10.1.